The maximum absolute atomic E-state index is 2.52. The van der Waals surface area contributed by atoms with Crippen LogP contribution in [0.2, 0.25) is 0 Å². The van der Waals surface area contributed by atoms with Gasteiger partial charge < -0.3 is 0 Å². The number of hydrogen-bond acceptors (Lipinski definition) is 0. The van der Waals surface area contributed by atoms with Gasteiger partial charge in [-0.1, -0.05) is 25.0 Å². The Hall–Kier alpha value is -0.230. The van der Waals surface area contributed by atoms with Crippen molar-refractivity contribution in [3.05, 3.63) is 23.3 Å². The summed E-state index contributed by atoms with van der Waals surface area (Å²) in [4.78, 5) is 0. The van der Waals surface area contributed by atoms with Gasteiger partial charge in [0.15, 0.2) is 0 Å². The van der Waals surface area contributed by atoms with Crippen LogP contribution in [0, 0.1) is 0 Å². The molecule has 0 N–H and O–H groups in total. The molecule has 0 aromatic carbocycles. The van der Waals surface area contributed by atoms with E-state index in [1.54, 1.807) is 11.1 Å². The zero-order valence-corrected chi connectivity index (χ0v) is 10.5. The first-order valence-electron chi connectivity index (χ1n) is 6.35. The van der Waals surface area contributed by atoms with Crippen LogP contribution < -0.4 is 0 Å². The lowest BCUT2D eigenvalue weighted by Gasteiger charge is -2.09. The molecule has 0 bridgehead atoms. The standard InChI is InChI=1S/C14H22.ClH/c1-2-6-10-13(9-5-1)14-11-7-3-4-8-12-14;/h9,11H,1-8,10,12H2;1H. The first kappa shape index (κ1) is 12.8. The second-order valence-corrected chi connectivity index (χ2v) is 4.66. The van der Waals surface area contributed by atoms with Crippen molar-refractivity contribution in [3.63, 3.8) is 0 Å². The molecule has 0 aromatic rings. The third-order valence-electron chi connectivity index (χ3n) is 3.49. The molecule has 0 heterocycles. The highest BCUT2D eigenvalue weighted by Crippen LogP contribution is 2.29. The third-order valence-corrected chi connectivity index (χ3v) is 3.49. The lowest BCUT2D eigenvalue weighted by molar-refractivity contribution is 0.699. The van der Waals surface area contributed by atoms with E-state index in [0.29, 0.717) is 0 Å². The van der Waals surface area contributed by atoms with Crippen molar-refractivity contribution in [1.82, 2.24) is 0 Å². The molecule has 0 nitrogen and oxygen atoms in total. The largest absolute Gasteiger partial charge is 0.147 e. The summed E-state index contributed by atoms with van der Waals surface area (Å²) in [7, 11) is 0. The summed E-state index contributed by atoms with van der Waals surface area (Å²) < 4.78 is 0. The molecule has 0 aromatic heterocycles. The molecule has 0 saturated carbocycles. The minimum absolute atomic E-state index is 0. The van der Waals surface area contributed by atoms with E-state index in [-0.39, 0.29) is 12.4 Å². The van der Waals surface area contributed by atoms with Crippen LogP contribution in [0.4, 0.5) is 0 Å². The number of hydrogen-bond donors (Lipinski definition) is 0. The van der Waals surface area contributed by atoms with E-state index in [1.807, 2.05) is 0 Å². The van der Waals surface area contributed by atoms with Crippen LogP contribution in [0.5, 0.6) is 0 Å². The van der Waals surface area contributed by atoms with Crippen molar-refractivity contribution < 1.29 is 0 Å². The van der Waals surface area contributed by atoms with Gasteiger partial charge in [-0.25, -0.2) is 0 Å². The fourth-order valence-electron chi connectivity index (χ4n) is 2.61. The maximum Gasteiger partial charge on any atom is -0.0279 e. The van der Waals surface area contributed by atoms with Crippen molar-refractivity contribution in [2.24, 2.45) is 0 Å². The first-order valence-corrected chi connectivity index (χ1v) is 6.35. The van der Waals surface area contributed by atoms with Crippen LogP contribution in [0.25, 0.3) is 0 Å². The Morgan fingerprint density at radius 1 is 0.600 bits per heavy atom. The zero-order valence-electron chi connectivity index (χ0n) is 9.63. The maximum atomic E-state index is 2.52. The molecule has 15 heavy (non-hydrogen) atoms. The summed E-state index contributed by atoms with van der Waals surface area (Å²) in [6, 6.07) is 0. The summed E-state index contributed by atoms with van der Waals surface area (Å²) >= 11 is 0. The minimum atomic E-state index is 0. The summed E-state index contributed by atoms with van der Waals surface area (Å²) in [5.41, 5.74) is 3.40. The number of allylic oxidation sites excluding steroid dienone is 4. The first-order chi connectivity index (χ1) is 6.97. The van der Waals surface area contributed by atoms with Crippen LogP contribution in [0.15, 0.2) is 23.3 Å². The SMILES string of the molecule is C1=C(C2=CCCCCC2)CCCCC1.Cl. The van der Waals surface area contributed by atoms with Gasteiger partial charge >= 0.3 is 0 Å². The van der Waals surface area contributed by atoms with E-state index >= 15 is 0 Å². The molecule has 0 unspecified atom stereocenters. The average molecular weight is 227 g/mol. The molecule has 0 radical (unpaired) electrons. The summed E-state index contributed by atoms with van der Waals surface area (Å²) in [6.07, 6.45) is 18.9. The molecule has 2 aliphatic carbocycles. The van der Waals surface area contributed by atoms with Crippen LogP contribution in [-0.4, -0.2) is 0 Å². The van der Waals surface area contributed by atoms with Crippen molar-refractivity contribution in [3.8, 4) is 0 Å². The fraction of sp³-hybridized carbons (Fsp3) is 0.714. The predicted molar refractivity (Wildman–Crippen MR) is 69.6 cm³/mol. The highest BCUT2D eigenvalue weighted by molar-refractivity contribution is 5.85. The van der Waals surface area contributed by atoms with Crippen LogP contribution in [-0.2, 0) is 0 Å². The third kappa shape index (κ3) is 4.03. The molecule has 0 saturated heterocycles. The fourth-order valence-corrected chi connectivity index (χ4v) is 2.61. The zero-order chi connectivity index (χ0) is 9.64. The van der Waals surface area contributed by atoms with E-state index < -0.39 is 0 Å². The quantitative estimate of drug-likeness (QED) is 0.577. The van der Waals surface area contributed by atoms with Gasteiger partial charge in [-0.05, 0) is 62.5 Å². The highest BCUT2D eigenvalue weighted by Gasteiger charge is 2.09. The molecule has 2 rings (SSSR count). The average Bonchev–Trinajstić information content (AvgIpc) is 2.62. The highest BCUT2D eigenvalue weighted by atomic mass is 35.5. The second kappa shape index (κ2) is 7.11. The minimum Gasteiger partial charge on any atom is -0.147 e. The number of rotatable bonds is 1. The van der Waals surface area contributed by atoms with Gasteiger partial charge in [-0.3, -0.25) is 0 Å². The molecule has 0 aliphatic heterocycles. The summed E-state index contributed by atoms with van der Waals surface area (Å²) in [5, 5.41) is 0. The summed E-state index contributed by atoms with van der Waals surface area (Å²) in [5.74, 6) is 0. The van der Waals surface area contributed by atoms with E-state index in [1.165, 1.54) is 64.2 Å². The molecule has 0 fully saturated rings. The number of halogens is 1. The Balaban J connectivity index is 0.00000112. The van der Waals surface area contributed by atoms with Gasteiger partial charge in [0, 0.05) is 0 Å². The van der Waals surface area contributed by atoms with Crippen LogP contribution in [0.1, 0.15) is 64.2 Å². The van der Waals surface area contributed by atoms with Crippen molar-refractivity contribution in [1.29, 1.82) is 0 Å². The molecular formula is C14H23Cl. The monoisotopic (exact) mass is 226 g/mol. The molecule has 0 amide bonds. The normalized spacial score (nSPS) is 22.9. The van der Waals surface area contributed by atoms with Gasteiger partial charge in [0.05, 0.1) is 0 Å². The lowest BCUT2D eigenvalue weighted by atomic mass is 9.97. The Kier molecular flexibility index (Phi) is 6.09. The van der Waals surface area contributed by atoms with E-state index in [2.05, 4.69) is 12.2 Å². The molecule has 1 heteroatoms. The van der Waals surface area contributed by atoms with Gasteiger partial charge in [0.2, 0.25) is 0 Å². The predicted octanol–water partition coefficient (Wildman–Crippen LogP) is 5.19. The van der Waals surface area contributed by atoms with Gasteiger partial charge in [-0.2, -0.15) is 0 Å². The van der Waals surface area contributed by atoms with Crippen molar-refractivity contribution in [2.45, 2.75) is 64.2 Å². The molecule has 2 aliphatic rings. The second-order valence-electron chi connectivity index (χ2n) is 4.66. The Morgan fingerprint density at radius 3 is 1.53 bits per heavy atom. The van der Waals surface area contributed by atoms with Gasteiger partial charge in [0.25, 0.3) is 0 Å². The van der Waals surface area contributed by atoms with E-state index in [4.69, 9.17) is 0 Å². The summed E-state index contributed by atoms with van der Waals surface area (Å²) in [6.45, 7) is 0. The van der Waals surface area contributed by atoms with E-state index in [9.17, 15) is 0 Å². The van der Waals surface area contributed by atoms with Crippen LogP contribution in [0.3, 0.4) is 0 Å². The smallest absolute Gasteiger partial charge is 0.0279 e. The Labute approximate surface area is 100 Å². The molecule has 86 valence electrons. The Bertz CT molecular complexity index is 212. The van der Waals surface area contributed by atoms with Gasteiger partial charge in [0.1, 0.15) is 0 Å². The van der Waals surface area contributed by atoms with Crippen molar-refractivity contribution >= 4 is 12.4 Å². The van der Waals surface area contributed by atoms with Gasteiger partial charge in [-0.15, -0.1) is 12.4 Å². The molecule has 0 spiro atoms. The molecular weight excluding hydrogens is 204 g/mol. The van der Waals surface area contributed by atoms with Crippen LogP contribution >= 0.6 is 12.4 Å². The molecule has 0 atom stereocenters. The lowest BCUT2D eigenvalue weighted by Crippen LogP contribution is -1.89. The van der Waals surface area contributed by atoms with E-state index in [0.717, 1.165) is 0 Å². The Morgan fingerprint density at radius 2 is 1.07 bits per heavy atom. The topological polar surface area (TPSA) is 0 Å². The van der Waals surface area contributed by atoms with Crippen molar-refractivity contribution in [2.75, 3.05) is 0 Å².